The summed E-state index contributed by atoms with van der Waals surface area (Å²) in [5.74, 6) is -0.0473. The normalized spacial score (nSPS) is 15.1. The summed E-state index contributed by atoms with van der Waals surface area (Å²) in [6, 6.07) is 18.1. The van der Waals surface area contributed by atoms with Gasteiger partial charge >= 0.3 is 0 Å². The molecule has 2 heterocycles. The van der Waals surface area contributed by atoms with E-state index in [0.29, 0.717) is 5.56 Å². The van der Waals surface area contributed by atoms with Crippen molar-refractivity contribution in [2.45, 2.75) is 25.9 Å². The number of amides is 1. The molecule has 1 N–H and O–H groups in total. The fourth-order valence-corrected chi connectivity index (χ4v) is 3.66. The largest absolute Gasteiger partial charge is 0.348 e. The van der Waals surface area contributed by atoms with Crippen LogP contribution < -0.4 is 5.32 Å². The average Bonchev–Trinajstić information content (AvgIpc) is 3.23. The predicted octanol–water partition coefficient (Wildman–Crippen LogP) is 3.05. The summed E-state index contributed by atoms with van der Waals surface area (Å²) in [6.07, 6.45) is 4.67. The van der Waals surface area contributed by atoms with Gasteiger partial charge in [0.15, 0.2) is 0 Å². The third-order valence-electron chi connectivity index (χ3n) is 5.00. The Morgan fingerprint density at radius 1 is 1.15 bits per heavy atom. The second kappa shape index (κ2) is 7.76. The van der Waals surface area contributed by atoms with Gasteiger partial charge in [0, 0.05) is 43.6 Å². The summed E-state index contributed by atoms with van der Waals surface area (Å²) in [4.78, 5) is 15.1. The van der Waals surface area contributed by atoms with Gasteiger partial charge in [-0.2, -0.15) is 5.10 Å². The lowest BCUT2D eigenvalue weighted by atomic mass is 9.99. The van der Waals surface area contributed by atoms with Crippen LogP contribution in [0.1, 0.15) is 28.4 Å². The lowest BCUT2D eigenvalue weighted by Gasteiger charge is -2.31. The van der Waals surface area contributed by atoms with Gasteiger partial charge in [0.05, 0.1) is 5.69 Å². The summed E-state index contributed by atoms with van der Waals surface area (Å²) in [5.41, 5.74) is 4.38. The predicted molar refractivity (Wildman–Crippen MR) is 106 cm³/mol. The SMILES string of the molecule is CC(CN1CCc2ccccc2C1)NC(=O)c1cccc(-n2cccn2)c1. The van der Waals surface area contributed by atoms with Crippen molar-refractivity contribution in [2.24, 2.45) is 0 Å². The Hall–Kier alpha value is -2.92. The molecule has 1 amide bonds. The van der Waals surface area contributed by atoms with Crippen molar-refractivity contribution in [1.82, 2.24) is 20.0 Å². The molecule has 5 heteroatoms. The maximum atomic E-state index is 12.7. The summed E-state index contributed by atoms with van der Waals surface area (Å²) in [6.45, 7) is 4.89. The van der Waals surface area contributed by atoms with Crippen LogP contribution in [0.4, 0.5) is 0 Å². The molecule has 1 unspecified atom stereocenters. The number of benzene rings is 2. The molecule has 0 saturated carbocycles. The number of carbonyl (C=O) groups excluding carboxylic acids is 1. The Morgan fingerprint density at radius 3 is 2.81 bits per heavy atom. The minimum absolute atomic E-state index is 0.0473. The van der Waals surface area contributed by atoms with Crippen molar-refractivity contribution in [3.63, 3.8) is 0 Å². The Morgan fingerprint density at radius 2 is 2.00 bits per heavy atom. The standard InChI is InChI=1S/C22H24N4O/c1-17(15-25-13-10-18-6-2-3-7-20(18)16-25)24-22(27)19-8-4-9-21(14-19)26-12-5-11-23-26/h2-9,11-12,14,17H,10,13,15-16H2,1H3,(H,24,27). The molecule has 3 aromatic rings. The molecule has 138 valence electrons. The molecule has 1 aliphatic rings. The fraction of sp³-hybridized carbons (Fsp3) is 0.273. The van der Waals surface area contributed by atoms with Crippen LogP contribution in [0, 0.1) is 0 Å². The third kappa shape index (κ3) is 4.09. The molecular formula is C22H24N4O. The molecule has 0 radical (unpaired) electrons. The smallest absolute Gasteiger partial charge is 0.251 e. The highest BCUT2D eigenvalue weighted by Gasteiger charge is 2.19. The van der Waals surface area contributed by atoms with E-state index >= 15 is 0 Å². The van der Waals surface area contributed by atoms with Gasteiger partial charge in [0.2, 0.25) is 0 Å². The van der Waals surface area contributed by atoms with Crippen molar-refractivity contribution >= 4 is 5.91 Å². The van der Waals surface area contributed by atoms with Crippen LogP contribution in [0.5, 0.6) is 0 Å². The van der Waals surface area contributed by atoms with Crippen LogP contribution in [-0.4, -0.2) is 39.7 Å². The van der Waals surface area contributed by atoms with E-state index < -0.39 is 0 Å². The molecule has 0 fully saturated rings. The zero-order valence-corrected chi connectivity index (χ0v) is 15.5. The summed E-state index contributed by atoms with van der Waals surface area (Å²) in [7, 11) is 0. The second-order valence-electron chi connectivity index (χ2n) is 7.13. The first-order chi connectivity index (χ1) is 13.2. The second-order valence-corrected chi connectivity index (χ2v) is 7.13. The van der Waals surface area contributed by atoms with Crippen LogP contribution in [0.3, 0.4) is 0 Å². The van der Waals surface area contributed by atoms with Gasteiger partial charge in [0.1, 0.15) is 0 Å². The zero-order chi connectivity index (χ0) is 18.6. The van der Waals surface area contributed by atoms with E-state index in [0.717, 1.165) is 31.7 Å². The van der Waals surface area contributed by atoms with Gasteiger partial charge < -0.3 is 5.32 Å². The van der Waals surface area contributed by atoms with Crippen molar-refractivity contribution < 1.29 is 4.79 Å². The lowest BCUT2D eigenvalue weighted by Crippen LogP contribution is -2.43. The van der Waals surface area contributed by atoms with Crippen LogP contribution >= 0.6 is 0 Å². The maximum absolute atomic E-state index is 12.7. The number of hydrogen-bond acceptors (Lipinski definition) is 3. The first-order valence-electron chi connectivity index (χ1n) is 9.39. The molecule has 5 nitrogen and oxygen atoms in total. The zero-order valence-electron chi connectivity index (χ0n) is 15.5. The molecule has 1 aromatic heterocycles. The first kappa shape index (κ1) is 17.5. The third-order valence-corrected chi connectivity index (χ3v) is 5.00. The van der Waals surface area contributed by atoms with Crippen molar-refractivity contribution in [3.8, 4) is 5.69 Å². The van der Waals surface area contributed by atoms with E-state index in [1.165, 1.54) is 11.1 Å². The highest BCUT2D eigenvalue weighted by atomic mass is 16.1. The minimum Gasteiger partial charge on any atom is -0.348 e. The first-order valence-corrected chi connectivity index (χ1v) is 9.39. The highest BCUT2D eigenvalue weighted by Crippen LogP contribution is 2.18. The summed E-state index contributed by atoms with van der Waals surface area (Å²) >= 11 is 0. The Kier molecular flexibility index (Phi) is 5.03. The number of rotatable bonds is 5. The van der Waals surface area contributed by atoms with E-state index in [1.54, 1.807) is 10.9 Å². The van der Waals surface area contributed by atoms with E-state index in [1.807, 2.05) is 36.5 Å². The quantitative estimate of drug-likeness (QED) is 0.761. The molecule has 2 aromatic carbocycles. The van der Waals surface area contributed by atoms with Gasteiger partial charge in [0.25, 0.3) is 5.91 Å². The molecule has 0 bridgehead atoms. The summed E-state index contributed by atoms with van der Waals surface area (Å²) < 4.78 is 1.76. The highest BCUT2D eigenvalue weighted by molar-refractivity contribution is 5.94. The summed E-state index contributed by atoms with van der Waals surface area (Å²) in [5, 5.41) is 7.35. The molecule has 27 heavy (non-hydrogen) atoms. The van der Waals surface area contributed by atoms with Crippen LogP contribution in [0.25, 0.3) is 5.69 Å². The number of fused-ring (bicyclic) bond motifs is 1. The van der Waals surface area contributed by atoms with E-state index in [-0.39, 0.29) is 11.9 Å². The lowest BCUT2D eigenvalue weighted by molar-refractivity contribution is 0.0927. The molecular weight excluding hydrogens is 336 g/mol. The number of nitrogens with zero attached hydrogens (tertiary/aromatic N) is 3. The molecule has 4 rings (SSSR count). The molecule has 0 aliphatic carbocycles. The Balaban J connectivity index is 1.37. The van der Waals surface area contributed by atoms with Gasteiger partial charge in [-0.15, -0.1) is 0 Å². The minimum atomic E-state index is -0.0473. The van der Waals surface area contributed by atoms with Gasteiger partial charge in [-0.05, 0) is 48.7 Å². The maximum Gasteiger partial charge on any atom is 0.251 e. The number of hydrogen-bond donors (Lipinski definition) is 1. The van der Waals surface area contributed by atoms with E-state index in [4.69, 9.17) is 0 Å². The number of carbonyl (C=O) groups is 1. The van der Waals surface area contributed by atoms with Crippen LogP contribution in [-0.2, 0) is 13.0 Å². The average molecular weight is 360 g/mol. The number of nitrogens with one attached hydrogen (secondary N) is 1. The topological polar surface area (TPSA) is 50.2 Å². The molecule has 0 saturated heterocycles. The van der Waals surface area contributed by atoms with E-state index in [9.17, 15) is 4.79 Å². The van der Waals surface area contributed by atoms with Crippen molar-refractivity contribution in [1.29, 1.82) is 0 Å². The van der Waals surface area contributed by atoms with Gasteiger partial charge in [-0.1, -0.05) is 30.3 Å². The van der Waals surface area contributed by atoms with Crippen LogP contribution in [0.2, 0.25) is 0 Å². The van der Waals surface area contributed by atoms with Gasteiger partial charge in [-0.3, -0.25) is 9.69 Å². The van der Waals surface area contributed by atoms with Crippen LogP contribution in [0.15, 0.2) is 67.0 Å². The van der Waals surface area contributed by atoms with E-state index in [2.05, 4.69) is 46.5 Å². The Bertz CT molecular complexity index is 920. The molecule has 0 spiro atoms. The Labute approximate surface area is 159 Å². The molecule has 1 atom stereocenters. The fourth-order valence-electron chi connectivity index (χ4n) is 3.66. The van der Waals surface area contributed by atoms with Crippen molar-refractivity contribution in [2.75, 3.05) is 13.1 Å². The monoisotopic (exact) mass is 360 g/mol. The van der Waals surface area contributed by atoms with Crippen molar-refractivity contribution in [3.05, 3.63) is 83.7 Å². The van der Waals surface area contributed by atoms with Gasteiger partial charge in [-0.25, -0.2) is 4.68 Å². The number of aromatic nitrogens is 2. The molecule has 1 aliphatic heterocycles.